The number of anilines is 1. The molecule has 4 nitrogen and oxygen atoms in total. The molecule has 1 atom stereocenters. The molecule has 1 aromatic carbocycles. The number of hydrogen-bond donors (Lipinski definition) is 0. The lowest BCUT2D eigenvalue weighted by Crippen LogP contribution is -2.41. The van der Waals surface area contributed by atoms with Crippen molar-refractivity contribution in [3.8, 4) is 0 Å². The Morgan fingerprint density at radius 3 is 2.65 bits per heavy atom. The maximum atomic E-state index is 12.8. The first-order valence-electron chi connectivity index (χ1n) is 6.78. The van der Waals surface area contributed by atoms with Crippen LogP contribution in [-0.4, -0.2) is 25.2 Å². The lowest BCUT2D eigenvalue weighted by molar-refractivity contribution is 0.0970. The van der Waals surface area contributed by atoms with E-state index < -0.39 is 0 Å². The van der Waals surface area contributed by atoms with E-state index in [-0.39, 0.29) is 11.9 Å². The van der Waals surface area contributed by atoms with Crippen molar-refractivity contribution in [3.05, 3.63) is 54.0 Å². The van der Waals surface area contributed by atoms with Gasteiger partial charge in [0.25, 0.3) is 5.91 Å². The van der Waals surface area contributed by atoms with Crippen LogP contribution < -0.4 is 4.90 Å². The Kier molecular flexibility index (Phi) is 3.56. The molecule has 1 aliphatic heterocycles. The molecular formula is C16H17NO3. The van der Waals surface area contributed by atoms with Gasteiger partial charge in [0, 0.05) is 12.3 Å². The van der Waals surface area contributed by atoms with Crippen molar-refractivity contribution in [1.82, 2.24) is 0 Å². The van der Waals surface area contributed by atoms with Gasteiger partial charge in [0.2, 0.25) is 0 Å². The average Bonchev–Trinajstić information content (AvgIpc) is 3.12. The number of hydrogen-bond acceptors (Lipinski definition) is 3. The van der Waals surface area contributed by atoms with E-state index in [0.29, 0.717) is 24.5 Å². The summed E-state index contributed by atoms with van der Waals surface area (Å²) in [6.07, 6.45) is 2.41. The van der Waals surface area contributed by atoms with E-state index in [1.165, 1.54) is 0 Å². The zero-order valence-corrected chi connectivity index (χ0v) is 11.4. The predicted molar refractivity (Wildman–Crippen MR) is 75.9 cm³/mol. The fourth-order valence-corrected chi connectivity index (χ4v) is 2.54. The number of rotatable bonds is 3. The zero-order chi connectivity index (χ0) is 13.9. The third-order valence-electron chi connectivity index (χ3n) is 3.61. The normalized spacial score (nSPS) is 18.1. The Hall–Kier alpha value is -2.07. The van der Waals surface area contributed by atoms with Crippen LogP contribution in [0.4, 0.5) is 5.69 Å². The number of carbonyl (C=O) groups is 1. The van der Waals surface area contributed by atoms with Crippen LogP contribution in [0.2, 0.25) is 0 Å². The number of ether oxygens (including phenoxy) is 1. The second-order valence-electron chi connectivity index (χ2n) is 4.92. The fourth-order valence-electron chi connectivity index (χ4n) is 2.54. The molecule has 1 amide bonds. The van der Waals surface area contributed by atoms with E-state index in [1.807, 2.05) is 42.2 Å². The van der Waals surface area contributed by atoms with Crippen molar-refractivity contribution in [2.45, 2.75) is 19.4 Å². The third-order valence-corrected chi connectivity index (χ3v) is 3.61. The van der Waals surface area contributed by atoms with Gasteiger partial charge in [0.15, 0.2) is 0 Å². The number of aryl methyl sites for hydroxylation is 1. The van der Waals surface area contributed by atoms with Gasteiger partial charge in [0.1, 0.15) is 5.76 Å². The van der Waals surface area contributed by atoms with Gasteiger partial charge in [-0.1, -0.05) is 18.2 Å². The van der Waals surface area contributed by atoms with Crippen molar-refractivity contribution < 1.29 is 13.9 Å². The second-order valence-corrected chi connectivity index (χ2v) is 4.92. The lowest BCUT2D eigenvalue weighted by Gasteiger charge is -2.28. The van der Waals surface area contributed by atoms with E-state index in [9.17, 15) is 4.79 Å². The molecule has 0 spiro atoms. The van der Waals surface area contributed by atoms with Crippen LogP contribution in [-0.2, 0) is 4.74 Å². The summed E-state index contributed by atoms with van der Waals surface area (Å²) in [5.41, 5.74) is 1.51. The SMILES string of the molecule is Cc1occc1C(=O)N(c1ccccc1)[C@H]1CCOC1. The molecule has 3 rings (SSSR count). The Bertz CT molecular complexity index is 585. The summed E-state index contributed by atoms with van der Waals surface area (Å²) >= 11 is 0. The van der Waals surface area contributed by atoms with Crippen LogP contribution in [0.5, 0.6) is 0 Å². The van der Waals surface area contributed by atoms with Gasteiger partial charge in [-0.3, -0.25) is 4.79 Å². The fraction of sp³-hybridized carbons (Fsp3) is 0.312. The molecule has 1 aliphatic rings. The van der Waals surface area contributed by atoms with E-state index in [4.69, 9.17) is 9.15 Å². The number of furan rings is 1. The second kappa shape index (κ2) is 5.51. The number of para-hydroxylation sites is 1. The van der Waals surface area contributed by atoms with Gasteiger partial charge in [-0.15, -0.1) is 0 Å². The van der Waals surface area contributed by atoms with Crippen LogP contribution in [0.3, 0.4) is 0 Å². The van der Waals surface area contributed by atoms with Crippen molar-refractivity contribution in [3.63, 3.8) is 0 Å². The van der Waals surface area contributed by atoms with Crippen LogP contribution in [0.25, 0.3) is 0 Å². The van der Waals surface area contributed by atoms with Crippen LogP contribution in [0.1, 0.15) is 22.5 Å². The molecule has 0 N–H and O–H groups in total. The lowest BCUT2D eigenvalue weighted by atomic mass is 10.1. The number of benzene rings is 1. The Morgan fingerprint density at radius 1 is 1.25 bits per heavy atom. The largest absolute Gasteiger partial charge is 0.469 e. The topological polar surface area (TPSA) is 42.7 Å². The smallest absolute Gasteiger partial charge is 0.262 e. The minimum Gasteiger partial charge on any atom is -0.469 e. The summed E-state index contributed by atoms with van der Waals surface area (Å²) in [5.74, 6) is 0.618. The number of amides is 1. The number of nitrogens with zero attached hydrogens (tertiary/aromatic N) is 1. The molecule has 4 heteroatoms. The average molecular weight is 271 g/mol. The molecule has 2 heterocycles. The Morgan fingerprint density at radius 2 is 2.05 bits per heavy atom. The van der Waals surface area contributed by atoms with Gasteiger partial charge in [-0.05, 0) is 31.5 Å². The van der Waals surface area contributed by atoms with Crippen molar-refractivity contribution in [2.24, 2.45) is 0 Å². The Labute approximate surface area is 118 Å². The first-order chi connectivity index (χ1) is 9.77. The highest BCUT2D eigenvalue weighted by molar-refractivity contribution is 6.07. The highest BCUT2D eigenvalue weighted by Gasteiger charge is 2.30. The zero-order valence-electron chi connectivity index (χ0n) is 11.4. The van der Waals surface area contributed by atoms with Gasteiger partial charge in [-0.2, -0.15) is 0 Å². The summed E-state index contributed by atoms with van der Waals surface area (Å²) in [7, 11) is 0. The van der Waals surface area contributed by atoms with Crippen molar-refractivity contribution >= 4 is 11.6 Å². The summed E-state index contributed by atoms with van der Waals surface area (Å²) < 4.78 is 10.7. The molecule has 0 saturated carbocycles. The molecule has 1 fully saturated rings. The summed E-state index contributed by atoms with van der Waals surface area (Å²) in [6.45, 7) is 3.09. The maximum absolute atomic E-state index is 12.8. The molecule has 0 unspecified atom stereocenters. The first kappa shape index (κ1) is 12.9. The molecule has 2 aromatic rings. The molecule has 0 aliphatic carbocycles. The monoisotopic (exact) mass is 271 g/mol. The van der Waals surface area contributed by atoms with Gasteiger partial charge in [-0.25, -0.2) is 0 Å². The molecule has 104 valence electrons. The minimum atomic E-state index is -0.0297. The summed E-state index contributed by atoms with van der Waals surface area (Å²) in [5, 5.41) is 0. The van der Waals surface area contributed by atoms with E-state index in [1.54, 1.807) is 12.3 Å². The summed E-state index contributed by atoms with van der Waals surface area (Å²) in [6, 6.07) is 11.5. The predicted octanol–water partition coefficient (Wildman–Crippen LogP) is 3.02. The molecule has 0 radical (unpaired) electrons. The maximum Gasteiger partial charge on any atom is 0.262 e. The number of carbonyl (C=O) groups excluding carboxylic acids is 1. The highest BCUT2D eigenvalue weighted by atomic mass is 16.5. The molecule has 1 saturated heterocycles. The molecular weight excluding hydrogens is 254 g/mol. The molecule has 20 heavy (non-hydrogen) atoms. The van der Waals surface area contributed by atoms with Crippen molar-refractivity contribution in [1.29, 1.82) is 0 Å². The standard InChI is InChI=1S/C16H17NO3/c1-12-15(8-10-20-12)16(18)17(14-7-9-19-11-14)13-5-3-2-4-6-13/h2-6,8,10,14H,7,9,11H2,1H3/t14-/m0/s1. The van der Waals surface area contributed by atoms with Crippen LogP contribution in [0, 0.1) is 6.92 Å². The Balaban J connectivity index is 1.97. The third kappa shape index (κ3) is 2.34. The summed E-state index contributed by atoms with van der Waals surface area (Å²) in [4.78, 5) is 14.6. The molecule has 0 bridgehead atoms. The van der Waals surface area contributed by atoms with E-state index in [2.05, 4.69) is 0 Å². The van der Waals surface area contributed by atoms with E-state index in [0.717, 1.165) is 12.1 Å². The van der Waals surface area contributed by atoms with E-state index >= 15 is 0 Å². The van der Waals surface area contributed by atoms with Gasteiger partial charge >= 0.3 is 0 Å². The van der Waals surface area contributed by atoms with Gasteiger partial charge in [0.05, 0.1) is 24.5 Å². The minimum absolute atomic E-state index is 0.0297. The highest BCUT2D eigenvalue weighted by Crippen LogP contribution is 2.25. The van der Waals surface area contributed by atoms with Crippen LogP contribution in [0.15, 0.2) is 47.1 Å². The van der Waals surface area contributed by atoms with Crippen molar-refractivity contribution in [2.75, 3.05) is 18.1 Å². The quantitative estimate of drug-likeness (QED) is 0.861. The van der Waals surface area contributed by atoms with Crippen LogP contribution >= 0.6 is 0 Å². The molecule has 1 aromatic heterocycles. The first-order valence-corrected chi connectivity index (χ1v) is 6.78. The van der Waals surface area contributed by atoms with Gasteiger partial charge < -0.3 is 14.1 Å².